The lowest BCUT2D eigenvalue weighted by Gasteiger charge is -2.36. The van der Waals surface area contributed by atoms with E-state index in [1.165, 1.54) is 16.0 Å². The van der Waals surface area contributed by atoms with Crippen LogP contribution in [0.1, 0.15) is 34.8 Å². The molecule has 0 spiro atoms. The average Bonchev–Trinajstić information content (AvgIpc) is 3.29. The summed E-state index contributed by atoms with van der Waals surface area (Å²) in [4.78, 5) is 12.2. The highest BCUT2D eigenvalue weighted by molar-refractivity contribution is 7.14. The zero-order valence-electron chi connectivity index (χ0n) is 14.0. The van der Waals surface area contributed by atoms with Crippen molar-refractivity contribution in [1.82, 2.24) is 30.5 Å². The number of hydrogen-bond acceptors (Lipinski definition) is 7. The van der Waals surface area contributed by atoms with Gasteiger partial charge in [-0.25, -0.2) is 4.68 Å². The SMILES string of the molecule is O=C(NCc1nnc(-c2ccccc2)s1)c1cn(CC2(O)CCC2)nn1. The van der Waals surface area contributed by atoms with Crippen LogP contribution < -0.4 is 5.32 Å². The second kappa shape index (κ2) is 6.93. The quantitative estimate of drug-likeness (QED) is 0.683. The summed E-state index contributed by atoms with van der Waals surface area (Å²) in [7, 11) is 0. The Morgan fingerprint density at radius 3 is 2.77 bits per heavy atom. The molecule has 0 bridgehead atoms. The third-order valence-corrected chi connectivity index (χ3v) is 5.37. The molecule has 0 saturated heterocycles. The van der Waals surface area contributed by atoms with Crippen molar-refractivity contribution in [1.29, 1.82) is 0 Å². The molecule has 8 nitrogen and oxygen atoms in total. The molecule has 1 aliphatic carbocycles. The van der Waals surface area contributed by atoms with Gasteiger partial charge in [-0.2, -0.15) is 0 Å². The average molecular weight is 370 g/mol. The molecule has 26 heavy (non-hydrogen) atoms. The molecule has 4 rings (SSSR count). The minimum Gasteiger partial charge on any atom is -0.388 e. The Bertz CT molecular complexity index is 903. The fourth-order valence-corrected chi connectivity index (χ4v) is 3.58. The number of benzene rings is 1. The molecule has 1 fully saturated rings. The minimum atomic E-state index is -0.707. The molecule has 9 heteroatoms. The number of nitrogens with zero attached hydrogens (tertiary/aromatic N) is 5. The van der Waals surface area contributed by atoms with Gasteiger partial charge in [0, 0.05) is 5.56 Å². The van der Waals surface area contributed by atoms with Gasteiger partial charge in [0.1, 0.15) is 10.0 Å². The summed E-state index contributed by atoms with van der Waals surface area (Å²) in [5.41, 5.74) is 0.516. The van der Waals surface area contributed by atoms with Crippen molar-refractivity contribution < 1.29 is 9.90 Å². The molecule has 1 aliphatic rings. The fraction of sp³-hybridized carbons (Fsp3) is 0.353. The Labute approximate surface area is 153 Å². The topological polar surface area (TPSA) is 106 Å². The molecule has 134 valence electrons. The van der Waals surface area contributed by atoms with Crippen LogP contribution in [0.25, 0.3) is 10.6 Å². The zero-order valence-corrected chi connectivity index (χ0v) is 14.8. The van der Waals surface area contributed by atoms with Gasteiger partial charge in [0.05, 0.1) is 24.9 Å². The molecule has 0 unspecified atom stereocenters. The molecule has 0 aliphatic heterocycles. The number of rotatable bonds is 6. The van der Waals surface area contributed by atoms with Gasteiger partial charge in [0.25, 0.3) is 5.91 Å². The Morgan fingerprint density at radius 2 is 2.04 bits per heavy atom. The van der Waals surface area contributed by atoms with Crippen LogP contribution in [-0.2, 0) is 13.1 Å². The molecule has 2 N–H and O–H groups in total. The van der Waals surface area contributed by atoms with E-state index in [9.17, 15) is 9.90 Å². The van der Waals surface area contributed by atoms with Gasteiger partial charge < -0.3 is 10.4 Å². The first-order valence-corrected chi connectivity index (χ1v) is 9.21. The molecule has 1 amide bonds. The lowest BCUT2D eigenvalue weighted by Crippen LogP contribution is -2.41. The number of nitrogens with one attached hydrogen (secondary N) is 1. The first-order valence-electron chi connectivity index (χ1n) is 8.40. The third-order valence-electron chi connectivity index (χ3n) is 4.40. The van der Waals surface area contributed by atoms with E-state index < -0.39 is 5.60 Å². The number of aromatic nitrogens is 5. The standard InChI is InChI=1S/C17H18N6O2S/c24-15(13-10-23(22-19-13)11-17(25)7-4-8-17)18-9-14-20-21-16(26-14)12-5-2-1-3-6-12/h1-3,5-6,10,25H,4,7-9,11H2,(H,18,24). The molecule has 1 aromatic carbocycles. The van der Waals surface area contributed by atoms with Crippen molar-refractivity contribution in [3.8, 4) is 10.6 Å². The number of amides is 1. The van der Waals surface area contributed by atoms with Crippen molar-refractivity contribution in [2.75, 3.05) is 0 Å². The van der Waals surface area contributed by atoms with Crippen molar-refractivity contribution in [3.05, 3.63) is 47.2 Å². The predicted octanol–water partition coefficient (Wildman–Crippen LogP) is 1.64. The summed E-state index contributed by atoms with van der Waals surface area (Å²) in [5.74, 6) is -0.326. The van der Waals surface area contributed by atoms with Gasteiger partial charge in [-0.05, 0) is 19.3 Å². The Kier molecular flexibility index (Phi) is 4.48. The first-order chi connectivity index (χ1) is 12.6. The van der Waals surface area contributed by atoms with Gasteiger partial charge in [-0.1, -0.05) is 46.9 Å². The summed E-state index contributed by atoms with van der Waals surface area (Å²) in [5, 5.41) is 30.5. The molecule has 1 saturated carbocycles. The molecule has 0 atom stereocenters. The Hall–Kier alpha value is -2.65. The lowest BCUT2D eigenvalue weighted by molar-refractivity contribution is -0.0501. The van der Waals surface area contributed by atoms with Crippen LogP contribution in [0.5, 0.6) is 0 Å². The van der Waals surface area contributed by atoms with Crippen molar-refractivity contribution >= 4 is 17.2 Å². The zero-order chi connectivity index (χ0) is 18.0. The van der Waals surface area contributed by atoms with Crippen molar-refractivity contribution in [3.63, 3.8) is 0 Å². The summed E-state index contributed by atoms with van der Waals surface area (Å²) < 4.78 is 1.52. The van der Waals surface area contributed by atoms with Crippen LogP contribution in [0, 0.1) is 0 Å². The summed E-state index contributed by atoms with van der Waals surface area (Å²) in [6.45, 7) is 0.643. The molecular weight excluding hydrogens is 352 g/mol. The largest absolute Gasteiger partial charge is 0.388 e. The highest BCUT2D eigenvalue weighted by Crippen LogP contribution is 2.32. The molecule has 2 aromatic heterocycles. The first kappa shape index (κ1) is 16.8. The molecule has 3 aromatic rings. The van der Waals surface area contributed by atoms with E-state index >= 15 is 0 Å². The summed E-state index contributed by atoms with van der Waals surface area (Å²) in [6, 6.07) is 9.78. The second-order valence-corrected chi connectivity index (χ2v) is 7.49. The van der Waals surface area contributed by atoms with Gasteiger partial charge in [-0.3, -0.25) is 4.79 Å². The normalized spacial score (nSPS) is 15.4. The van der Waals surface area contributed by atoms with Crippen LogP contribution in [0.15, 0.2) is 36.5 Å². The minimum absolute atomic E-state index is 0.223. The van der Waals surface area contributed by atoms with E-state index in [4.69, 9.17) is 0 Å². The monoisotopic (exact) mass is 370 g/mol. The van der Waals surface area contributed by atoms with E-state index in [-0.39, 0.29) is 18.1 Å². The van der Waals surface area contributed by atoms with Crippen molar-refractivity contribution in [2.24, 2.45) is 0 Å². The number of carbonyl (C=O) groups is 1. The van der Waals surface area contributed by atoms with E-state index in [2.05, 4.69) is 25.8 Å². The summed E-state index contributed by atoms with van der Waals surface area (Å²) in [6.07, 6.45) is 4.09. The van der Waals surface area contributed by atoms with E-state index in [0.29, 0.717) is 11.6 Å². The maximum Gasteiger partial charge on any atom is 0.273 e. The maximum atomic E-state index is 12.2. The van der Waals surface area contributed by atoms with Crippen LogP contribution in [0.2, 0.25) is 0 Å². The van der Waals surface area contributed by atoms with E-state index in [0.717, 1.165) is 29.8 Å². The third kappa shape index (κ3) is 3.63. The van der Waals surface area contributed by atoms with Crippen LogP contribution in [-0.4, -0.2) is 41.8 Å². The predicted molar refractivity (Wildman–Crippen MR) is 95.3 cm³/mol. The van der Waals surface area contributed by atoms with Crippen LogP contribution in [0.4, 0.5) is 0 Å². The van der Waals surface area contributed by atoms with Crippen LogP contribution >= 0.6 is 11.3 Å². The second-order valence-electron chi connectivity index (χ2n) is 6.43. The number of hydrogen-bond donors (Lipinski definition) is 2. The van der Waals surface area contributed by atoms with E-state index in [1.807, 2.05) is 30.3 Å². The van der Waals surface area contributed by atoms with Gasteiger partial charge in [0.15, 0.2) is 5.69 Å². The number of aliphatic hydroxyl groups is 1. The van der Waals surface area contributed by atoms with Gasteiger partial charge in [-0.15, -0.1) is 15.3 Å². The Morgan fingerprint density at radius 1 is 1.23 bits per heavy atom. The van der Waals surface area contributed by atoms with Crippen LogP contribution in [0.3, 0.4) is 0 Å². The highest BCUT2D eigenvalue weighted by Gasteiger charge is 2.35. The number of carbonyl (C=O) groups excluding carboxylic acids is 1. The fourth-order valence-electron chi connectivity index (χ4n) is 2.79. The van der Waals surface area contributed by atoms with E-state index in [1.54, 1.807) is 6.20 Å². The lowest BCUT2D eigenvalue weighted by atomic mass is 9.80. The molecule has 0 radical (unpaired) electrons. The Balaban J connectivity index is 1.34. The molecular formula is C17H18N6O2S. The molecule has 2 heterocycles. The highest BCUT2D eigenvalue weighted by atomic mass is 32.1. The maximum absolute atomic E-state index is 12.2. The van der Waals surface area contributed by atoms with Gasteiger partial charge in [0.2, 0.25) is 0 Å². The summed E-state index contributed by atoms with van der Waals surface area (Å²) >= 11 is 1.44. The van der Waals surface area contributed by atoms with Gasteiger partial charge >= 0.3 is 0 Å². The smallest absolute Gasteiger partial charge is 0.273 e. The van der Waals surface area contributed by atoms with Crippen molar-refractivity contribution in [2.45, 2.75) is 38.0 Å².